The molecule has 116 valence electrons. The van der Waals surface area contributed by atoms with Crippen molar-refractivity contribution in [1.29, 1.82) is 0 Å². The van der Waals surface area contributed by atoms with Gasteiger partial charge in [0.1, 0.15) is 6.04 Å². The summed E-state index contributed by atoms with van der Waals surface area (Å²) in [7, 11) is 6.82. The molecular weight excluding hydrogens is 371 g/mol. The molecule has 2 unspecified atom stereocenters. The highest BCUT2D eigenvalue weighted by Crippen LogP contribution is 2.37. The third-order valence-electron chi connectivity index (χ3n) is 3.77. The SMILES string of the molecule is CC(c1ccccc1)C(c1ccccc1)[N+](C)(C)C.I.N. The topological polar surface area (TPSA) is 35.0 Å². The second-order valence-corrected chi connectivity index (χ2v) is 6.17. The van der Waals surface area contributed by atoms with Crippen LogP contribution in [0.1, 0.15) is 30.0 Å². The maximum absolute atomic E-state index is 2.33. The van der Waals surface area contributed by atoms with Gasteiger partial charge in [-0.25, -0.2) is 0 Å². The summed E-state index contributed by atoms with van der Waals surface area (Å²) >= 11 is 0. The van der Waals surface area contributed by atoms with E-state index in [0.29, 0.717) is 12.0 Å². The molecular formula is C18H28IN2+. The minimum Gasteiger partial charge on any atom is -0.344 e. The number of rotatable bonds is 4. The Morgan fingerprint density at radius 1 is 0.714 bits per heavy atom. The zero-order chi connectivity index (χ0) is 13.9. The number of quaternary nitrogens is 1. The van der Waals surface area contributed by atoms with Crippen molar-refractivity contribution < 1.29 is 4.48 Å². The fourth-order valence-electron chi connectivity index (χ4n) is 3.00. The molecule has 0 fully saturated rings. The molecule has 0 aliphatic carbocycles. The molecule has 0 radical (unpaired) electrons. The lowest BCUT2D eigenvalue weighted by Crippen LogP contribution is -2.41. The number of halogens is 1. The molecule has 0 aliphatic heterocycles. The molecule has 2 aromatic carbocycles. The first-order chi connectivity index (χ1) is 9.00. The molecule has 21 heavy (non-hydrogen) atoms. The van der Waals surface area contributed by atoms with Gasteiger partial charge in [-0.2, -0.15) is 0 Å². The Labute approximate surface area is 146 Å². The first-order valence-corrected chi connectivity index (χ1v) is 6.91. The zero-order valence-electron chi connectivity index (χ0n) is 13.5. The number of likely N-dealkylation sites (N-methyl/N-ethyl adjacent to an activating group) is 1. The Kier molecular flexibility index (Phi) is 8.14. The van der Waals surface area contributed by atoms with Gasteiger partial charge in [0.25, 0.3) is 0 Å². The number of hydrogen-bond acceptors (Lipinski definition) is 1. The lowest BCUT2D eigenvalue weighted by molar-refractivity contribution is -0.904. The average molecular weight is 399 g/mol. The van der Waals surface area contributed by atoms with Crippen molar-refractivity contribution in [3.05, 3.63) is 71.8 Å². The summed E-state index contributed by atoms with van der Waals surface area (Å²) in [6.07, 6.45) is 0. The standard InChI is InChI=1S/C18H24N.HI.H3N/c1-15(16-11-7-5-8-12-16)18(19(2,3)4)17-13-9-6-10-14-17;;/h5-15,18H,1-4H3;1H;1H3/q+1;;. The molecule has 2 rings (SSSR count). The molecule has 0 bridgehead atoms. The first-order valence-electron chi connectivity index (χ1n) is 6.91. The van der Waals surface area contributed by atoms with Crippen LogP contribution in [0, 0.1) is 0 Å². The minimum atomic E-state index is 0. The van der Waals surface area contributed by atoms with Crippen LogP contribution in [-0.4, -0.2) is 25.6 Å². The van der Waals surface area contributed by atoms with Gasteiger partial charge < -0.3 is 10.6 Å². The average Bonchev–Trinajstić information content (AvgIpc) is 2.39. The van der Waals surface area contributed by atoms with E-state index in [0.717, 1.165) is 4.48 Å². The number of hydrogen-bond donors (Lipinski definition) is 1. The van der Waals surface area contributed by atoms with Crippen LogP contribution in [0.4, 0.5) is 0 Å². The van der Waals surface area contributed by atoms with Crippen LogP contribution in [0.3, 0.4) is 0 Å². The predicted octanol–water partition coefficient (Wildman–Crippen LogP) is 5.02. The fraction of sp³-hybridized carbons (Fsp3) is 0.333. The first kappa shape index (κ1) is 20.1. The van der Waals surface area contributed by atoms with Crippen molar-refractivity contribution >= 4 is 24.0 Å². The van der Waals surface area contributed by atoms with E-state index in [1.54, 1.807) is 0 Å². The quantitative estimate of drug-likeness (QED) is 0.569. The van der Waals surface area contributed by atoms with Crippen molar-refractivity contribution in [3.8, 4) is 0 Å². The highest BCUT2D eigenvalue weighted by molar-refractivity contribution is 14.0. The van der Waals surface area contributed by atoms with Crippen molar-refractivity contribution in [3.63, 3.8) is 0 Å². The van der Waals surface area contributed by atoms with E-state index in [-0.39, 0.29) is 30.1 Å². The van der Waals surface area contributed by atoms with Gasteiger partial charge in [-0.05, 0) is 5.56 Å². The molecule has 2 atom stereocenters. The highest BCUT2D eigenvalue weighted by Gasteiger charge is 2.32. The van der Waals surface area contributed by atoms with E-state index in [1.165, 1.54) is 11.1 Å². The predicted molar refractivity (Wildman–Crippen MR) is 103 cm³/mol. The Morgan fingerprint density at radius 3 is 1.48 bits per heavy atom. The second-order valence-electron chi connectivity index (χ2n) is 6.17. The molecule has 2 nitrogen and oxygen atoms in total. The zero-order valence-corrected chi connectivity index (χ0v) is 15.8. The molecule has 2 aromatic rings. The summed E-state index contributed by atoms with van der Waals surface area (Å²) in [5, 5.41) is 0. The molecule has 0 aromatic heterocycles. The summed E-state index contributed by atoms with van der Waals surface area (Å²) in [5.74, 6) is 0.489. The van der Waals surface area contributed by atoms with Crippen LogP contribution >= 0.6 is 24.0 Å². The van der Waals surface area contributed by atoms with E-state index in [2.05, 4.69) is 88.7 Å². The van der Waals surface area contributed by atoms with Gasteiger partial charge in [-0.1, -0.05) is 67.6 Å². The van der Waals surface area contributed by atoms with Crippen LogP contribution in [0.2, 0.25) is 0 Å². The van der Waals surface area contributed by atoms with E-state index < -0.39 is 0 Å². The third-order valence-corrected chi connectivity index (χ3v) is 3.77. The maximum Gasteiger partial charge on any atom is 0.121 e. The summed E-state index contributed by atoms with van der Waals surface area (Å²) < 4.78 is 0.931. The van der Waals surface area contributed by atoms with Crippen LogP contribution in [0.5, 0.6) is 0 Å². The van der Waals surface area contributed by atoms with E-state index in [4.69, 9.17) is 0 Å². The van der Waals surface area contributed by atoms with Crippen LogP contribution in [0.25, 0.3) is 0 Å². The summed E-state index contributed by atoms with van der Waals surface area (Å²) in [6, 6.07) is 22.1. The molecule has 3 N–H and O–H groups in total. The summed E-state index contributed by atoms with van der Waals surface area (Å²) in [6.45, 7) is 2.33. The smallest absolute Gasteiger partial charge is 0.121 e. The van der Waals surface area contributed by atoms with Gasteiger partial charge >= 0.3 is 0 Å². The fourth-order valence-corrected chi connectivity index (χ4v) is 3.00. The molecule has 0 heterocycles. The summed E-state index contributed by atoms with van der Waals surface area (Å²) in [5.41, 5.74) is 2.82. The number of nitrogens with zero attached hydrogens (tertiary/aromatic N) is 1. The van der Waals surface area contributed by atoms with Crippen molar-refractivity contribution in [1.82, 2.24) is 6.15 Å². The molecule has 0 spiro atoms. The van der Waals surface area contributed by atoms with Crippen LogP contribution in [-0.2, 0) is 0 Å². The van der Waals surface area contributed by atoms with Gasteiger partial charge in [-0.3, -0.25) is 0 Å². The Hall–Kier alpha value is -0.910. The van der Waals surface area contributed by atoms with Crippen LogP contribution in [0.15, 0.2) is 60.7 Å². The minimum absolute atomic E-state index is 0. The lowest BCUT2D eigenvalue weighted by Gasteiger charge is -2.38. The highest BCUT2D eigenvalue weighted by atomic mass is 127. The Balaban J connectivity index is 0.00000200. The van der Waals surface area contributed by atoms with E-state index in [1.807, 2.05) is 0 Å². The van der Waals surface area contributed by atoms with Gasteiger partial charge in [0.05, 0.1) is 21.1 Å². The van der Waals surface area contributed by atoms with Crippen molar-refractivity contribution in [2.24, 2.45) is 0 Å². The van der Waals surface area contributed by atoms with Gasteiger partial charge in [0.15, 0.2) is 0 Å². The Bertz CT molecular complexity index is 506. The van der Waals surface area contributed by atoms with E-state index in [9.17, 15) is 0 Å². The second kappa shape index (κ2) is 8.51. The van der Waals surface area contributed by atoms with Crippen LogP contribution < -0.4 is 6.15 Å². The van der Waals surface area contributed by atoms with Crippen molar-refractivity contribution in [2.45, 2.75) is 18.9 Å². The van der Waals surface area contributed by atoms with Crippen molar-refractivity contribution in [2.75, 3.05) is 21.1 Å². The lowest BCUT2D eigenvalue weighted by atomic mass is 9.87. The molecule has 0 amide bonds. The van der Waals surface area contributed by atoms with Gasteiger partial charge in [0.2, 0.25) is 0 Å². The number of benzene rings is 2. The van der Waals surface area contributed by atoms with Gasteiger partial charge in [-0.15, -0.1) is 24.0 Å². The largest absolute Gasteiger partial charge is 0.344 e. The summed E-state index contributed by atoms with van der Waals surface area (Å²) in [4.78, 5) is 0. The monoisotopic (exact) mass is 399 g/mol. The normalized spacial score (nSPS) is 13.5. The third kappa shape index (κ3) is 5.09. The van der Waals surface area contributed by atoms with E-state index >= 15 is 0 Å². The molecule has 0 saturated carbocycles. The molecule has 3 heteroatoms. The molecule has 0 aliphatic rings. The maximum atomic E-state index is 2.33. The Morgan fingerprint density at radius 2 is 1.10 bits per heavy atom. The van der Waals surface area contributed by atoms with Gasteiger partial charge in [0, 0.05) is 11.5 Å². The molecule has 0 saturated heterocycles.